The molecule has 2 aromatic rings. The molecule has 160 valence electrons. The van der Waals surface area contributed by atoms with Crippen molar-refractivity contribution in [3.8, 4) is 5.88 Å². The zero-order valence-corrected chi connectivity index (χ0v) is 17.4. The fourth-order valence-corrected chi connectivity index (χ4v) is 5.98. The number of amides is 1. The molecule has 9 nitrogen and oxygen atoms in total. The second-order valence-electron chi connectivity index (χ2n) is 8.51. The van der Waals surface area contributed by atoms with Crippen molar-refractivity contribution in [2.75, 3.05) is 32.8 Å². The highest BCUT2D eigenvalue weighted by atomic mass is 32.2. The van der Waals surface area contributed by atoms with E-state index in [0.29, 0.717) is 51.5 Å². The number of sulfonamides is 1. The van der Waals surface area contributed by atoms with Gasteiger partial charge in [0.15, 0.2) is 0 Å². The second-order valence-corrected chi connectivity index (χ2v) is 10.4. The first-order chi connectivity index (χ1) is 14.5. The molecular formula is C20H24N4O5S. The highest BCUT2D eigenvalue weighted by molar-refractivity contribution is 7.89. The Labute approximate surface area is 175 Å². The Hall–Kier alpha value is -2.46. The van der Waals surface area contributed by atoms with Gasteiger partial charge in [0.2, 0.25) is 21.7 Å². The van der Waals surface area contributed by atoms with Crippen LogP contribution in [0.25, 0.3) is 0 Å². The van der Waals surface area contributed by atoms with Crippen LogP contribution >= 0.6 is 0 Å². The van der Waals surface area contributed by atoms with Crippen LogP contribution in [0.15, 0.2) is 40.0 Å². The number of aromatic nitrogens is 2. The van der Waals surface area contributed by atoms with Gasteiger partial charge in [0.25, 0.3) is 5.91 Å². The van der Waals surface area contributed by atoms with E-state index < -0.39 is 10.0 Å². The van der Waals surface area contributed by atoms with Gasteiger partial charge in [-0.1, -0.05) is 5.16 Å². The Morgan fingerprint density at radius 2 is 2.00 bits per heavy atom. The van der Waals surface area contributed by atoms with Gasteiger partial charge in [-0.2, -0.15) is 4.31 Å². The number of fused-ring (bicyclic) bond motifs is 1. The van der Waals surface area contributed by atoms with E-state index in [1.807, 2.05) is 0 Å². The number of hydrogen-bond donors (Lipinski definition) is 0. The maximum absolute atomic E-state index is 13.4. The van der Waals surface area contributed by atoms with E-state index in [2.05, 4.69) is 10.1 Å². The highest BCUT2D eigenvalue weighted by Crippen LogP contribution is 2.40. The van der Waals surface area contributed by atoms with Gasteiger partial charge in [0, 0.05) is 43.9 Å². The lowest BCUT2D eigenvalue weighted by atomic mass is 9.78. The summed E-state index contributed by atoms with van der Waals surface area (Å²) in [4.78, 5) is 18.6. The van der Waals surface area contributed by atoms with Crippen molar-refractivity contribution in [2.45, 2.75) is 30.6 Å². The minimum atomic E-state index is -3.70. The molecule has 0 unspecified atom stereocenters. The molecule has 3 aliphatic rings. The molecule has 0 aromatic carbocycles. The Kier molecular flexibility index (Phi) is 4.78. The van der Waals surface area contributed by atoms with E-state index in [-0.39, 0.29) is 27.9 Å². The van der Waals surface area contributed by atoms with E-state index in [1.54, 1.807) is 33.6 Å². The minimum Gasteiger partial charge on any atom is -0.476 e. The van der Waals surface area contributed by atoms with Crippen LogP contribution in [0.1, 0.15) is 36.2 Å². The monoisotopic (exact) mass is 432 g/mol. The number of ether oxygens (including phenoxy) is 1. The summed E-state index contributed by atoms with van der Waals surface area (Å²) in [5.41, 5.74) is -0.366. The van der Waals surface area contributed by atoms with Gasteiger partial charge >= 0.3 is 0 Å². The van der Waals surface area contributed by atoms with Crippen molar-refractivity contribution >= 4 is 15.9 Å². The van der Waals surface area contributed by atoms with Crippen LogP contribution < -0.4 is 4.74 Å². The Bertz CT molecular complexity index is 1030. The number of carbonyl (C=O) groups excluding carboxylic acids is 1. The zero-order chi connectivity index (χ0) is 20.8. The average Bonchev–Trinajstić information content (AvgIpc) is 3.40. The van der Waals surface area contributed by atoms with Gasteiger partial charge in [-0.3, -0.25) is 4.79 Å². The summed E-state index contributed by atoms with van der Waals surface area (Å²) < 4.78 is 39.4. The van der Waals surface area contributed by atoms with Gasteiger partial charge in [-0.15, -0.1) is 0 Å². The molecule has 2 aromatic heterocycles. The Morgan fingerprint density at radius 3 is 2.70 bits per heavy atom. The quantitative estimate of drug-likeness (QED) is 0.728. The maximum atomic E-state index is 13.4. The van der Waals surface area contributed by atoms with E-state index in [4.69, 9.17) is 9.26 Å². The molecule has 30 heavy (non-hydrogen) atoms. The normalized spacial score (nSPS) is 23.3. The molecular weight excluding hydrogens is 408 g/mol. The summed E-state index contributed by atoms with van der Waals surface area (Å²) in [6.07, 6.45) is 6.42. The molecule has 0 radical (unpaired) electrons. The second kappa shape index (κ2) is 7.35. The Morgan fingerprint density at radius 1 is 1.20 bits per heavy atom. The first-order valence-electron chi connectivity index (χ1n) is 10.2. The predicted octanol–water partition coefficient (Wildman–Crippen LogP) is 1.79. The highest BCUT2D eigenvalue weighted by Gasteiger charge is 2.45. The van der Waals surface area contributed by atoms with Crippen LogP contribution in [0, 0.1) is 11.3 Å². The lowest BCUT2D eigenvalue weighted by Gasteiger charge is -2.44. The summed E-state index contributed by atoms with van der Waals surface area (Å²) in [7, 11) is -3.70. The number of piperidine rings is 1. The molecule has 1 saturated carbocycles. The number of rotatable bonds is 3. The first kappa shape index (κ1) is 19.5. The average molecular weight is 433 g/mol. The van der Waals surface area contributed by atoms with Gasteiger partial charge < -0.3 is 14.2 Å². The maximum Gasteiger partial charge on any atom is 0.292 e. The number of hydrogen-bond acceptors (Lipinski definition) is 7. The molecule has 4 heterocycles. The topological polar surface area (TPSA) is 106 Å². The van der Waals surface area contributed by atoms with Crippen LogP contribution in [-0.2, 0) is 10.0 Å². The molecule has 1 spiro atoms. The third-order valence-corrected chi connectivity index (χ3v) is 8.12. The van der Waals surface area contributed by atoms with Gasteiger partial charge in [0.1, 0.15) is 4.90 Å². The summed E-state index contributed by atoms with van der Waals surface area (Å²) >= 11 is 0. The molecule has 1 amide bonds. The van der Waals surface area contributed by atoms with Crippen molar-refractivity contribution in [3.05, 3.63) is 36.4 Å². The van der Waals surface area contributed by atoms with Gasteiger partial charge in [-0.25, -0.2) is 13.4 Å². The standard InChI is InChI=1S/C20H24N4O5S/c25-19(16-5-9-22-29-16)23-10-6-20(7-11-23)13-24(12-15-3-4-15)30(26,27)17-2-1-8-21-18(17)28-14-20/h1-2,5,8-9,15H,3-4,6-7,10-14H2. The van der Waals surface area contributed by atoms with Crippen LogP contribution in [0.4, 0.5) is 0 Å². The molecule has 1 saturated heterocycles. The van der Waals surface area contributed by atoms with Gasteiger partial charge in [0.05, 0.1) is 12.8 Å². The summed E-state index contributed by atoms with van der Waals surface area (Å²) in [6.45, 7) is 2.31. The molecule has 5 rings (SSSR count). The fraction of sp³-hybridized carbons (Fsp3) is 0.550. The zero-order valence-electron chi connectivity index (χ0n) is 16.6. The first-order valence-corrected chi connectivity index (χ1v) is 11.7. The van der Waals surface area contributed by atoms with Crippen molar-refractivity contribution in [1.29, 1.82) is 0 Å². The van der Waals surface area contributed by atoms with E-state index in [9.17, 15) is 13.2 Å². The summed E-state index contributed by atoms with van der Waals surface area (Å²) in [5, 5.41) is 3.60. The van der Waals surface area contributed by atoms with Gasteiger partial charge in [-0.05, 0) is 43.7 Å². The smallest absolute Gasteiger partial charge is 0.292 e. The number of likely N-dealkylation sites (tertiary alicyclic amines) is 1. The largest absolute Gasteiger partial charge is 0.476 e. The van der Waals surface area contributed by atoms with Crippen LogP contribution in [0.3, 0.4) is 0 Å². The van der Waals surface area contributed by atoms with E-state index in [0.717, 1.165) is 12.8 Å². The van der Waals surface area contributed by atoms with E-state index >= 15 is 0 Å². The minimum absolute atomic E-state index is 0.137. The fourth-order valence-electron chi connectivity index (χ4n) is 4.27. The summed E-state index contributed by atoms with van der Waals surface area (Å²) in [5.74, 6) is 0.613. The molecule has 10 heteroatoms. The lowest BCUT2D eigenvalue weighted by Crippen LogP contribution is -2.52. The molecule has 0 bridgehead atoms. The number of nitrogens with zero attached hydrogens (tertiary/aromatic N) is 4. The van der Waals surface area contributed by atoms with Crippen LogP contribution in [0.5, 0.6) is 5.88 Å². The number of carbonyl (C=O) groups is 1. The SMILES string of the molecule is O=C(c1ccno1)N1CCC2(CC1)COc1ncccc1S(=O)(=O)N(CC1CC1)C2. The third kappa shape index (κ3) is 3.58. The number of pyridine rings is 1. The molecule has 2 aliphatic heterocycles. The molecule has 0 N–H and O–H groups in total. The lowest BCUT2D eigenvalue weighted by molar-refractivity contribution is 0.0264. The molecule has 0 atom stereocenters. The van der Waals surface area contributed by atoms with Crippen molar-refractivity contribution in [2.24, 2.45) is 11.3 Å². The van der Waals surface area contributed by atoms with Crippen molar-refractivity contribution in [3.63, 3.8) is 0 Å². The van der Waals surface area contributed by atoms with Crippen LogP contribution in [-0.4, -0.2) is 66.5 Å². The Balaban J connectivity index is 1.40. The van der Waals surface area contributed by atoms with Crippen molar-refractivity contribution in [1.82, 2.24) is 19.3 Å². The third-order valence-electron chi connectivity index (χ3n) is 6.30. The summed E-state index contributed by atoms with van der Waals surface area (Å²) in [6, 6.07) is 4.74. The van der Waals surface area contributed by atoms with E-state index in [1.165, 1.54) is 6.20 Å². The molecule has 1 aliphatic carbocycles. The molecule has 2 fully saturated rings. The van der Waals surface area contributed by atoms with Crippen LogP contribution in [0.2, 0.25) is 0 Å². The predicted molar refractivity (Wildman–Crippen MR) is 105 cm³/mol. The van der Waals surface area contributed by atoms with Crippen molar-refractivity contribution < 1.29 is 22.5 Å².